The van der Waals surface area contributed by atoms with Gasteiger partial charge in [-0.25, -0.2) is 9.18 Å². The molecule has 0 saturated carbocycles. The fourth-order valence-electron chi connectivity index (χ4n) is 2.61. The van der Waals surface area contributed by atoms with Crippen molar-refractivity contribution >= 4 is 24.0 Å². The molecule has 3 rings (SSSR count). The van der Waals surface area contributed by atoms with Crippen molar-refractivity contribution in [3.63, 3.8) is 0 Å². The van der Waals surface area contributed by atoms with Gasteiger partial charge < -0.3 is 19.9 Å². The molecule has 2 amide bonds. The molecular weight excluding hydrogens is 402 g/mol. The summed E-state index contributed by atoms with van der Waals surface area (Å²) in [6.07, 6.45) is 0.237. The molecule has 1 saturated heterocycles. The molecule has 0 bridgehead atoms. The summed E-state index contributed by atoms with van der Waals surface area (Å²) in [7, 11) is 1.15. The first-order chi connectivity index (χ1) is 14.3. The number of hydrogen-bond acceptors (Lipinski definition) is 7. The van der Waals surface area contributed by atoms with Crippen LogP contribution in [0.5, 0.6) is 11.5 Å². The summed E-state index contributed by atoms with van der Waals surface area (Å²) in [6.45, 7) is 0. The molecule has 30 heavy (non-hydrogen) atoms. The first-order valence-corrected chi connectivity index (χ1v) is 8.61. The highest BCUT2D eigenvalue weighted by molar-refractivity contribution is 6.09. The summed E-state index contributed by atoms with van der Waals surface area (Å²) in [5, 5.41) is 1.96. The molecule has 10 heteroatoms. The van der Waals surface area contributed by atoms with Crippen molar-refractivity contribution in [3.05, 3.63) is 64.9 Å². The number of nitrogens with one attached hydrogen (secondary N) is 1. The van der Waals surface area contributed by atoms with Crippen molar-refractivity contribution in [2.45, 2.75) is 12.5 Å². The summed E-state index contributed by atoms with van der Waals surface area (Å²) in [5.41, 5.74) is 6.00. The van der Waals surface area contributed by atoms with Crippen molar-refractivity contribution < 1.29 is 37.4 Å². The lowest BCUT2D eigenvalue weighted by Crippen LogP contribution is -2.34. The van der Waals surface area contributed by atoms with E-state index in [1.54, 1.807) is 0 Å². The molecular formula is C20H16F2N2O6. The van der Waals surface area contributed by atoms with E-state index < -0.39 is 35.6 Å². The molecule has 0 radical (unpaired) electrons. The number of esters is 1. The van der Waals surface area contributed by atoms with Gasteiger partial charge in [0.25, 0.3) is 5.91 Å². The zero-order valence-electron chi connectivity index (χ0n) is 15.6. The van der Waals surface area contributed by atoms with Crippen molar-refractivity contribution in [3.8, 4) is 11.5 Å². The second-order valence-corrected chi connectivity index (χ2v) is 6.21. The molecule has 3 N–H and O–H groups in total. The molecule has 1 fully saturated rings. The van der Waals surface area contributed by atoms with E-state index >= 15 is 0 Å². The molecule has 1 heterocycles. The lowest BCUT2D eigenvalue weighted by molar-refractivity contribution is -0.142. The third-order valence-electron chi connectivity index (χ3n) is 4.12. The highest BCUT2D eigenvalue weighted by Crippen LogP contribution is 2.28. The number of rotatable bonds is 6. The fourth-order valence-corrected chi connectivity index (χ4v) is 2.61. The zero-order valence-corrected chi connectivity index (χ0v) is 15.6. The number of methoxy groups -OCH3 is 1. The molecule has 2 aromatic carbocycles. The number of benzene rings is 2. The van der Waals surface area contributed by atoms with Crippen LogP contribution in [0.25, 0.3) is 6.08 Å². The number of imide groups is 1. The first-order valence-electron chi connectivity index (χ1n) is 8.61. The fraction of sp³-hybridized carbons (Fsp3) is 0.150. The Bertz CT molecular complexity index is 1040. The quantitative estimate of drug-likeness (QED) is 0.547. The molecule has 0 aliphatic carbocycles. The van der Waals surface area contributed by atoms with Gasteiger partial charge in [-0.2, -0.15) is 4.39 Å². The van der Waals surface area contributed by atoms with Crippen molar-refractivity contribution in [2.75, 3.05) is 7.11 Å². The zero-order chi connectivity index (χ0) is 21.8. The van der Waals surface area contributed by atoms with Gasteiger partial charge in [-0.15, -0.1) is 0 Å². The summed E-state index contributed by atoms with van der Waals surface area (Å²) in [6, 6.07) is 7.33. The van der Waals surface area contributed by atoms with Gasteiger partial charge in [0.15, 0.2) is 17.3 Å². The smallest absolute Gasteiger partial charge is 0.419 e. The highest BCUT2D eigenvalue weighted by Gasteiger charge is 2.26. The van der Waals surface area contributed by atoms with Gasteiger partial charge in [-0.1, -0.05) is 18.2 Å². The van der Waals surface area contributed by atoms with Gasteiger partial charge in [0, 0.05) is 6.42 Å². The maximum Gasteiger partial charge on any atom is 0.419 e. The molecule has 1 aliphatic rings. The summed E-state index contributed by atoms with van der Waals surface area (Å²) < 4.78 is 43.2. The Kier molecular flexibility index (Phi) is 6.07. The van der Waals surface area contributed by atoms with Crippen LogP contribution in [-0.4, -0.2) is 31.1 Å². The Morgan fingerprint density at radius 1 is 1.17 bits per heavy atom. The standard InChI is InChI=1S/C20H16F2N2O6/c1-28-19(26)13(23)9-11-4-7-14(17(22)16(11)21)29-12-5-2-10(3-6-12)8-15-18(25)24-20(27)30-15/h2-8,13H,9,23H2,1H3,(H,24,25,27)/b15-8+. The van der Waals surface area contributed by atoms with E-state index in [4.69, 9.17) is 15.2 Å². The second kappa shape index (κ2) is 8.70. The minimum atomic E-state index is -1.23. The summed E-state index contributed by atoms with van der Waals surface area (Å²) in [4.78, 5) is 33.8. The van der Waals surface area contributed by atoms with E-state index in [2.05, 4.69) is 4.74 Å². The Labute approximate surface area is 169 Å². The lowest BCUT2D eigenvalue weighted by atomic mass is 10.1. The van der Waals surface area contributed by atoms with E-state index in [0.29, 0.717) is 5.56 Å². The number of nitrogens with two attached hydrogens (primary N) is 1. The van der Waals surface area contributed by atoms with Crippen molar-refractivity contribution in [1.29, 1.82) is 0 Å². The Hall–Kier alpha value is -3.79. The van der Waals surface area contributed by atoms with Gasteiger partial charge in [-0.05, 0) is 35.4 Å². The number of amides is 2. The van der Waals surface area contributed by atoms with Gasteiger partial charge in [0.05, 0.1) is 7.11 Å². The normalized spacial score (nSPS) is 15.5. The molecule has 2 aromatic rings. The van der Waals surface area contributed by atoms with Gasteiger partial charge in [-0.3, -0.25) is 14.9 Å². The van der Waals surface area contributed by atoms with Gasteiger partial charge in [0.1, 0.15) is 11.8 Å². The highest BCUT2D eigenvalue weighted by atomic mass is 19.2. The van der Waals surface area contributed by atoms with E-state index in [9.17, 15) is 23.2 Å². The number of cyclic esters (lactones) is 1. The number of carbonyl (C=O) groups is 3. The van der Waals surface area contributed by atoms with Crippen LogP contribution in [0.3, 0.4) is 0 Å². The lowest BCUT2D eigenvalue weighted by Gasteiger charge is -2.12. The van der Waals surface area contributed by atoms with Crippen molar-refractivity contribution in [2.24, 2.45) is 5.73 Å². The minimum absolute atomic E-state index is 0.0934. The third kappa shape index (κ3) is 4.61. The number of ether oxygens (including phenoxy) is 3. The van der Waals surface area contributed by atoms with Crippen LogP contribution in [0.1, 0.15) is 11.1 Å². The Balaban J connectivity index is 1.73. The SMILES string of the molecule is COC(=O)C(N)Cc1ccc(Oc2ccc(/C=C3/OC(=O)NC3=O)cc2)c(F)c1F. The molecule has 0 spiro atoms. The van der Waals surface area contributed by atoms with Crippen molar-refractivity contribution in [1.82, 2.24) is 5.32 Å². The van der Waals surface area contributed by atoms with Crippen LogP contribution in [0.4, 0.5) is 13.6 Å². The van der Waals surface area contributed by atoms with Crippen LogP contribution in [-0.2, 0) is 25.5 Å². The van der Waals surface area contributed by atoms with Crippen LogP contribution in [0, 0.1) is 11.6 Å². The third-order valence-corrected chi connectivity index (χ3v) is 4.12. The number of carbonyl (C=O) groups excluding carboxylic acids is 3. The topological polar surface area (TPSA) is 117 Å². The Morgan fingerprint density at radius 2 is 1.87 bits per heavy atom. The number of hydrogen-bond donors (Lipinski definition) is 2. The summed E-state index contributed by atoms with van der Waals surface area (Å²) >= 11 is 0. The molecule has 8 nitrogen and oxygen atoms in total. The van der Waals surface area contributed by atoms with Gasteiger partial charge in [0.2, 0.25) is 5.82 Å². The summed E-state index contributed by atoms with van der Waals surface area (Å²) in [5.74, 6) is -4.14. The minimum Gasteiger partial charge on any atom is -0.468 e. The second-order valence-electron chi connectivity index (χ2n) is 6.21. The predicted molar refractivity (Wildman–Crippen MR) is 99.2 cm³/mol. The maximum atomic E-state index is 14.4. The maximum absolute atomic E-state index is 14.4. The van der Waals surface area contributed by atoms with Crippen LogP contribution in [0.2, 0.25) is 0 Å². The largest absolute Gasteiger partial charge is 0.468 e. The van der Waals surface area contributed by atoms with E-state index in [1.165, 1.54) is 42.5 Å². The average Bonchev–Trinajstić information content (AvgIpc) is 3.04. The molecule has 1 unspecified atom stereocenters. The van der Waals surface area contributed by atoms with E-state index in [1.807, 2.05) is 5.32 Å². The van der Waals surface area contributed by atoms with Gasteiger partial charge >= 0.3 is 12.1 Å². The monoisotopic (exact) mass is 418 g/mol. The number of alkyl carbamates (subject to hydrolysis) is 1. The van der Waals surface area contributed by atoms with Crippen LogP contribution >= 0.6 is 0 Å². The Morgan fingerprint density at radius 3 is 2.47 bits per heavy atom. The van der Waals surface area contributed by atoms with Crippen LogP contribution < -0.4 is 15.8 Å². The van der Waals surface area contributed by atoms with Crippen LogP contribution in [0.15, 0.2) is 42.2 Å². The average molecular weight is 418 g/mol. The molecule has 1 aliphatic heterocycles. The first kappa shape index (κ1) is 20.9. The number of halogens is 2. The molecule has 0 aromatic heterocycles. The van der Waals surface area contributed by atoms with E-state index in [-0.39, 0.29) is 29.2 Å². The molecule has 1 atom stereocenters. The predicted octanol–water partition coefficient (Wildman–Crippen LogP) is 2.41. The van der Waals surface area contributed by atoms with E-state index in [0.717, 1.165) is 7.11 Å². The molecule has 156 valence electrons.